The molecule has 7 heteroatoms. The molecule has 2 rings (SSSR count). The summed E-state index contributed by atoms with van der Waals surface area (Å²) >= 11 is 0. The Morgan fingerprint density at radius 3 is 2.53 bits per heavy atom. The Kier molecular flexibility index (Phi) is 3.49. The van der Waals surface area contributed by atoms with Crippen LogP contribution in [0.25, 0.3) is 0 Å². The Balaban J connectivity index is 2.61. The van der Waals surface area contributed by atoms with Gasteiger partial charge >= 0.3 is 0 Å². The first kappa shape index (κ1) is 14.1. The molecule has 0 bridgehead atoms. The minimum atomic E-state index is -3.84. The van der Waals surface area contributed by atoms with E-state index in [1.165, 1.54) is 23.1 Å². The zero-order valence-electron chi connectivity index (χ0n) is 10.8. The summed E-state index contributed by atoms with van der Waals surface area (Å²) in [5, 5.41) is 0. The summed E-state index contributed by atoms with van der Waals surface area (Å²) in [6.07, 6.45) is -0.589. The molecule has 0 N–H and O–H groups in total. The Labute approximate surface area is 116 Å². The largest absolute Gasteiger partial charge is 0.479 e. The van der Waals surface area contributed by atoms with Gasteiger partial charge < -0.3 is 9.64 Å². The van der Waals surface area contributed by atoms with Crippen molar-refractivity contribution < 1.29 is 17.9 Å². The molecule has 1 unspecified atom stereocenters. The Bertz CT molecular complexity index is 627. The minimum absolute atomic E-state index is 0.0514. The summed E-state index contributed by atoms with van der Waals surface area (Å²) < 4.78 is 28.2. The average molecular weight is 304 g/mol. The fourth-order valence-corrected chi connectivity index (χ4v) is 2.80. The van der Waals surface area contributed by atoms with Crippen molar-refractivity contribution >= 4 is 31.3 Å². The van der Waals surface area contributed by atoms with Crippen LogP contribution in [0.5, 0.6) is 5.75 Å². The summed E-state index contributed by atoms with van der Waals surface area (Å²) in [5.41, 5.74) is 0.430. The van der Waals surface area contributed by atoms with Gasteiger partial charge in [0.15, 0.2) is 6.10 Å². The molecule has 1 heterocycles. The van der Waals surface area contributed by atoms with Crippen molar-refractivity contribution in [1.82, 2.24) is 0 Å². The molecule has 0 fully saturated rings. The first-order chi connectivity index (χ1) is 8.71. The van der Waals surface area contributed by atoms with E-state index in [1.54, 1.807) is 6.92 Å². The predicted octanol–water partition coefficient (Wildman–Crippen LogP) is 2.14. The van der Waals surface area contributed by atoms with Crippen LogP contribution in [0.1, 0.15) is 20.8 Å². The zero-order valence-corrected chi connectivity index (χ0v) is 12.3. The third-order valence-electron chi connectivity index (χ3n) is 2.88. The van der Waals surface area contributed by atoms with E-state index >= 15 is 0 Å². The predicted molar refractivity (Wildman–Crippen MR) is 72.2 cm³/mol. The molecular formula is C12H14ClNO4S. The van der Waals surface area contributed by atoms with Crippen LogP contribution in [0.2, 0.25) is 0 Å². The molecule has 104 valence electrons. The molecular weight excluding hydrogens is 290 g/mol. The number of anilines is 1. The number of halogens is 1. The van der Waals surface area contributed by atoms with Gasteiger partial charge in [-0.1, -0.05) is 0 Å². The number of rotatable bonds is 2. The molecule has 5 nitrogen and oxygen atoms in total. The Morgan fingerprint density at radius 2 is 2.00 bits per heavy atom. The van der Waals surface area contributed by atoms with E-state index in [1.807, 2.05) is 13.8 Å². The van der Waals surface area contributed by atoms with Crippen LogP contribution in [-0.2, 0) is 13.8 Å². The third kappa shape index (κ3) is 2.55. The van der Waals surface area contributed by atoms with Crippen molar-refractivity contribution in [2.45, 2.75) is 37.8 Å². The van der Waals surface area contributed by atoms with Gasteiger partial charge in [0.1, 0.15) is 5.75 Å². The SMILES string of the molecule is CC1Oc2ccc(S(=O)(=O)Cl)cc2N(C(C)C)C1=O. The number of benzene rings is 1. The van der Waals surface area contributed by atoms with Gasteiger partial charge in [-0.3, -0.25) is 4.79 Å². The lowest BCUT2D eigenvalue weighted by Crippen LogP contribution is -2.47. The van der Waals surface area contributed by atoms with Crippen molar-refractivity contribution in [1.29, 1.82) is 0 Å². The van der Waals surface area contributed by atoms with Crippen molar-refractivity contribution in [3.63, 3.8) is 0 Å². The highest BCUT2D eigenvalue weighted by molar-refractivity contribution is 8.13. The van der Waals surface area contributed by atoms with E-state index in [0.717, 1.165) is 0 Å². The number of fused-ring (bicyclic) bond motifs is 1. The molecule has 0 saturated carbocycles. The van der Waals surface area contributed by atoms with E-state index in [0.29, 0.717) is 11.4 Å². The summed E-state index contributed by atoms with van der Waals surface area (Å²) in [7, 11) is 1.48. The van der Waals surface area contributed by atoms with Crippen LogP contribution in [0.15, 0.2) is 23.1 Å². The second kappa shape index (κ2) is 4.68. The van der Waals surface area contributed by atoms with Gasteiger partial charge in [0.05, 0.1) is 10.6 Å². The number of hydrogen-bond donors (Lipinski definition) is 0. The number of carbonyl (C=O) groups excluding carboxylic acids is 1. The van der Waals surface area contributed by atoms with E-state index in [4.69, 9.17) is 15.4 Å². The standard InChI is InChI=1S/C12H14ClNO4S/c1-7(2)14-10-6-9(19(13,16)17)4-5-11(10)18-8(3)12(14)15/h4-8H,1-3H3. The maximum atomic E-state index is 12.1. The molecule has 0 aliphatic carbocycles. The topological polar surface area (TPSA) is 63.7 Å². The average Bonchev–Trinajstić information content (AvgIpc) is 2.28. The number of nitrogens with zero attached hydrogens (tertiary/aromatic N) is 1. The molecule has 0 aromatic heterocycles. The second-order valence-electron chi connectivity index (χ2n) is 4.63. The van der Waals surface area contributed by atoms with Crippen LogP contribution in [-0.4, -0.2) is 26.5 Å². The van der Waals surface area contributed by atoms with Crippen molar-refractivity contribution in [3.8, 4) is 5.75 Å². The van der Waals surface area contributed by atoms with Crippen molar-refractivity contribution in [2.24, 2.45) is 0 Å². The Hall–Kier alpha value is -1.27. The summed E-state index contributed by atoms with van der Waals surface area (Å²) in [5.74, 6) is 0.275. The molecule has 0 saturated heterocycles. The first-order valence-electron chi connectivity index (χ1n) is 5.80. The third-order valence-corrected chi connectivity index (χ3v) is 4.23. The molecule has 1 aliphatic rings. The van der Waals surface area contributed by atoms with E-state index < -0.39 is 15.2 Å². The van der Waals surface area contributed by atoms with Gasteiger partial charge in [0.25, 0.3) is 15.0 Å². The lowest BCUT2D eigenvalue weighted by molar-refractivity contribution is -0.125. The quantitative estimate of drug-likeness (QED) is 0.785. The molecule has 1 amide bonds. The van der Waals surface area contributed by atoms with E-state index in [2.05, 4.69) is 0 Å². The highest BCUT2D eigenvalue weighted by Crippen LogP contribution is 2.37. The molecule has 1 aliphatic heterocycles. The fourth-order valence-electron chi connectivity index (χ4n) is 2.02. The van der Waals surface area contributed by atoms with Gasteiger partial charge in [-0.15, -0.1) is 0 Å². The molecule has 0 radical (unpaired) electrons. The lowest BCUT2D eigenvalue weighted by atomic mass is 10.1. The monoisotopic (exact) mass is 303 g/mol. The van der Waals surface area contributed by atoms with Gasteiger partial charge in [-0.25, -0.2) is 8.42 Å². The molecule has 0 spiro atoms. The number of hydrogen-bond acceptors (Lipinski definition) is 4. The first-order valence-corrected chi connectivity index (χ1v) is 8.11. The maximum Gasteiger partial charge on any atom is 0.268 e. The molecule has 19 heavy (non-hydrogen) atoms. The zero-order chi connectivity index (χ0) is 14.4. The number of carbonyl (C=O) groups is 1. The van der Waals surface area contributed by atoms with Crippen LogP contribution < -0.4 is 9.64 Å². The van der Waals surface area contributed by atoms with Crippen molar-refractivity contribution in [2.75, 3.05) is 4.90 Å². The van der Waals surface area contributed by atoms with Gasteiger partial charge in [0.2, 0.25) is 0 Å². The molecule has 1 aromatic carbocycles. The normalized spacial score (nSPS) is 19.3. The van der Waals surface area contributed by atoms with Crippen LogP contribution in [0.3, 0.4) is 0 Å². The summed E-state index contributed by atoms with van der Waals surface area (Å²) in [6, 6.07) is 4.14. The second-order valence-corrected chi connectivity index (χ2v) is 7.20. The van der Waals surface area contributed by atoms with Crippen LogP contribution in [0.4, 0.5) is 5.69 Å². The molecule has 1 atom stereocenters. The van der Waals surface area contributed by atoms with E-state index in [-0.39, 0.29) is 16.8 Å². The van der Waals surface area contributed by atoms with Gasteiger partial charge in [-0.05, 0) is 39.0 Å². The molecule has 1 aromatic rings. The fraction of sp³-hybridized carbons (Fsp3) is 0.417. The maximum absolute atomic E-state index is 12.1. The van der Waals surface area contributed by atoms with Crippen molar-refractivity contribution in [3.05, 3.63) is 18.2 Å². The van der Waals surface area contributed by atoms with Gasteiger partial charge in [0, 0.05) is 16.7 Å². The smallest absolute Gasteiger partial charge is 0.268 e. The van der Waals surface area contributed by atoms with Gasteiger partial charge in [-0.2, -0.15) is 0 Å². The summed E-state index contributed by atoms with van der Waals surface area (Å²) in [6.45, 7) is 5.36. The number of ether oxygens (including phenoxy) is 1. The highest BCUT2D eigenvalue weighted by Gasteiger charge is 2.33. The van der Waals surface area contributed by atoms with Crippen LogP contribution in [0, 0.1) is 0 Å². The van der Waals surface area contributed by atoms with E-state index in [9.17, 15) is 13.2 Å². The van der Waals surface area contributed by atoms with Crippen LogP contribution >= 0.6 is 10.7 Å². The summed E-state index contributed by atoms with van der Waals surface area (Å²) in [4.78, 5) is 13.6. The Morgan fingerprint density at radius 1 is 1.37 bits per heavy atom. The lowest BCUT2D eigenvalue weighted by Gasteiger charge is -2.35. The number of amides is 1. The highest BCUT2D eigenvalue weighted by atomic mass is 35.7. The minimum Gasteiger partial charge on any atom is -0.479 e.